The van der Waals surface area contributed by atoms with Crippen LogP contribution in [0.15, 0.2) is 42.7 Å². The highest BCUT2D eigenvalue weighted by Gasteiger charge is 2.27. The van der Waals surface area contributed by atoms with E-state index in [9.17, 15) is 4.79 Å². The molecule has 30 heavy (non-hydrogen) atoms. The van der Waals surface area contributed by atoms with Gasteiger partial charge in [-0.3, -0.25) is 0 Å². The molecular weight excluding hydrogens is 497 g/mol. The number of nitrogen functional groups attached to an aromatic ring is 1. The third-order valence-electron chi connectivity index (χ3n) is 5.25. The number of carbonyl (C=O) groups excluding carboxylic acids is 1. The van der Waals surface area contributed by atoms with Gasteiger partial charge in [-0.05, 0) is 78.6 Å². The summed E-state index contributed by atoms with van der Waals surface area (Å²) in [6.45, 7) is 0. The molecule has 0 unspecified atom stereocenters. The first-order chi connectivity index (χ1) is 14.5. The average Bonchev–Trinajstić information content (AvgIpc) is 3.25. The number of aromatic nitrogens is 4. The van der Waals surface area contributed by atoms with Crippen molar-refractivity contribution in [3.8, 4) is 17.3 Å². The van der Waals surface area contributed by atoms with Gasteiger partial charge >= 0.3 is 5.97 Å². The SMILES string of the molecule is COC(=O)c1cc(I)ccc1O[C@H]1CC[C@@H](n2cnnc2-c2cccc(N)n2)CC1. The molecule has 4 rings (SSSR count). The van der Waals surface area contributed by atoms with Gasteiger partial charge in [0, 0.05) is 9.61 Å². The summed E-state index contributed by atoms with van der Waals surface area (Å²) in [6.07, 6.45) is 5.33. The third-order valence-corrected chi connectivity index (χ3v) is 5.92. The van der Waals surface area contributed by atoms with Gasteiger partial charge in [0.25, 0.3) is 0 Å². The van der Waals surface area contributed by atoms with Crippen LogP contribution in [-0.4, -0.2) is 38.9 Å². The molecule has 2 heterocycles. The Balaban J connectivity index is 1.45. The Bertz CT molecular complexity index is 1050. The van der Waals surface area contributed by atoms with Crippen LogP contribution >= 0.6 is 22.6 Å². The molecule has 1 aliphatic rings. The van der Waals surface area contributed by atoms with Gasteiger partial charge in [0.15, 0.2) is 5.82 Å². The Hall–Kier alpha value is -2.69. The largest absolute Gasteiger partial charge is 0.490 e. The van der Waals surface area contributed by atoms with Gasteiger partial charge in [0.1, 0.15) is 29.2 Å². The van der Waals surface area contributed by atoms with Crippen molar-refractivity contribution in [2.24, 2.45) is 0 Å². The highest BCUT2D eigenvalue weighted by Crippen LogP contribution is 2.34. The molecular formula is C21H22IN5O3. The fraction of sp³-hybridized carbons (Fsp3) is 0.333. The van der Waals surface area contributed by atoms with Gasteiger partial charge in [-0.2, -0.15) is 0 Å². The Kier molecular flexibility index (Phi) is 6.16. The molecule has 0 saturated heterocycles. The molecule has 1 aliphatic carbocycles. The Morgan fingerprint density at radius 2 is 2.00 bits per heavy atom. The Labute approximate surface area is 187 Å². The lowest BCUT2D eigenvalue weighted by atomic mass is 9.92. The topological polar surface area (TPSA) is 105 Å². The quantitative estimate of drug-likeness (QED) is 0.403. The number of hydrogen-bond donors (Lipinski definition) is 1. The van der Waals surface area contributed by atoms with Crippen LogP contribution in [0.4, 0.5) is 5.82 Å². The molecule has 1 saturated carbocycles. The minimum absolute atomic E-state index is 0.0372. The number of anilines is 1. The highest BCUT2D eigenvalue weighted by molar-refractivity contribution is 14.1. The number of nitrogens with zero attached hydrogens (tertiary/aromatic N) is 4. The van der Waals surface area contributed by atoms with E-state index in [0.717, 1.165) is 35.1 Å². The molecule has 0 spiro atoms. The van der Waals surface area contributed by atoms with Crippen LogP contribution in [0.3, 0.4) is 0 Å². The Morgan fingerprint density at radius 1 is 1.20 bits per heavy atom. The van der Waals surface area contributed by atoms with Crippen molar-refractivity contribution in [1.82, 2.24) is 19.7 Å². The lowest BCUT2D eigenvalue weighted by Crippen LogP contribution is -2.26. The fourth-order valence-corrected chi connectivity index (χ4v) is 4.26. The molecule has 3 aromatic rings. The van der Waals surface area contributed by atoms with Crippen molar-refractivity contribution in [3.05, 3.63) is 51.9 Å². The number of benzene rings is 1. The predicted molar refractivity (Wildman–Crippen MR) is 120 cm³/mol. The van der Waals surface area contributed by atoms with Crippen molar-refractivity contribution < 1.29 is 14.3 Å². The summed E-state index contributed by atoms with van der Waals surface area (Å²) in [7, 11) is 1.38. The van der Waals surface area contributed by atoms with Gasteiger partial charge in [-0.15, -0.1) is 10.2 Å². The third kappa shape index (κ3) is 4.40. The number of hydrogen-bond acceptors (Lipinski definition) is 7. The van der Waals surface area contributed by atoms with Crippen LogP contribution in [0.5, 0.6) is 5.75 Å². The molecule has 0 atom stereocenters. The predicted octanol–water partition coefficient (Wildman–Crippen LogP) is 3.88. The van der Waals surface area contributed by atoms with Crippen LogP contribution < -0.4 is 10.5 Å². The van der Waals surface area contributed by atoms with E-state index in [1.165, 1.54) is 7.11 Å². The van der Waals surface area contributed by atoms with E-state index in [1.54, 1.807) is 18.5 Å². The minimum Gasteiger partial charge on any atom is -0.490 e. The number of ether oxygens (including phenoxy) is 2. The molecule has 0 amide bonds. The smallest absolute Gasteiger partial charge is 0.341 e. The summed E-state index contributed by atoms with van der Waals surface area (Å²) in [6, 6.07) is 11.3. The van der Waals surface area contributed by atoms with Gasteiger partial charge in [-0.25, -0.2) is 9.78 Å². The maximum absolute atomic E-state index is 12.1. The summed E-state index contributed by atoms with van der Waals surface area (Å²) in [5, 5.41) is 8.34. The van der Waals surface area contributed by atoms with E-state index in [4.69, 9.17) is 15.2 Å². The van der Waals surface area contributed by atoms with Crippen LogP contribution in [0.2, 0.25) is 0 Å². The number of methoxy groups -OCH3 is 1. The first kappa shape index (κ1) is 20.6. The van der Waals surface area contributed by atoms with Gasteiger partial charge < -0.3 is 19.8 Å². The van der Waals surface area contributed by atoms with E-state index in [0.29, 0.717) is 22.8 Å². The van der Waals surface area contributed by atoms with E-state index in [-0.39, 0.29) is 18.1 Å². The highest BCUT2D eigenvalue weighted by atomic mass is 127. The van der Waals surface area contributed by atoms with Crippen LogP contribution in [-0.2, 0) is 4.74 Å². The van der Waals surface area contributed by atoms with E-state index in [1.807, 2.05) is 24.3 Å². The number of esters is 1. The van der Waals surface area contributed by atoms with Crippen molar-refractivity contribution in [2.45, 2.75) is 37.8 Å². The van der Waals surface area contributed by atoms with Crippen molar-refractivity contribution in [3.63, 3.8) is 0 Å². The molecule has 9 heteroatoms. The molecule has 156 valence electrons. The first-order valence-electron chi connectivity index (χ1n) is 9.72. The molecule has 2 N–H and O–H groups in total. The maximum atomic E-state index is 12.1. The zero-order valence-corrected chi connectivity index (χ0v) is 18.7. The fourth-order valence-electron chi connectivity index (χ4n) is 3.76. The average molecular weight is 519 g/mol. The molecule has 2 aromatic heterocycles. The van der Waals surface area contributed by atoms with Gasteiger partial charge in [-0.1, -0.05) is 6.07 Å². The molecule has 0 aliphatic heterocycles. The second-order valence-corrected chi connectivity index (χ2v) is 8.44. The second-order valence-electron chi connectivity index (χ2n) is 7.19. The molecule has 0 bridgehead atoms. The van der Waals surface area contributed by atoms with Crippen LogP contribution in [0.25, 0.3) is 11.5 Å². The van der Waals surface area contributed by atoms with E-state index < -0.39 is 0 Å². The minimum atomic E-state index is -0.388. The van der Waals surface area contributed by atoms with E-state index in [2.05, 4.69) is 42.3 Å². The summed E-state index contributed by atoms with van der Waals surface area (Å²) in [4.78, 5) is 16.5. The summed E-state index contributed by atoms with van der Waals surface area (Å²) < 4.78 is 14.1. The lowest BCUT2D eigenvalue weighted by molar-refractivity contribution is 0.0588. The van der Waals surface area contributed by atoms with Crippen molar-refractivity contribution in [2.75, 3.05) is 12.8 Å². The molecule has 0 radical (unpaired) electrons. The number of nitrogens with two attached hydrogens (primary N) is 1. The number of halogens is 1. The molecule has 8 nitrogen and oxygen atoms in total. The number of carbonyl (C=O) groups is 1. The zero-order chi connectivity index (χ0) is 21.1. The Morgan fingerprint density at radius 3 is 2.73 bits per heavy atom. The summed E-state index contributed by atoms with van der Waals surface area (Å²) in [5.74, 6) is 1.36. The normalized spacial score (nSPS) is 18.7. The van der Waals surface area contributed by atoms with Crippen molar-refractivity contribution >= 4 is 34.4 Å². The van der Waals surface area contributed by atoms with Crippen molar-refractivity contribution in [1.29, 1.82) is 0 Å². The number of pyridine rings is 1. The maximum Gasteiger partial charge on any atom is 0.341 e. The number of rotatable bonds is 5. The monoisotopic (exact) mass is 519 g/mol. The first-order valence-corrected chi connectivity index (χ1v) is 10.8. The summed E-state index contributed by atoms with van der Waals surface area (Å²) in [5.41, 5.74) is 6.99. The van der Waals surface area contributed by atoms with E-state index >= 15 is 0 Å². The second kappa shape index (κ2) is 8.99. The van der Waals surface area contributed by atoms with Crippen LogP contribution in [0.1, 0.15) is 42.1 Å². The van der Waals surface area contributed by atoms with Gasteiger partial charge in [0.05, 0.1) is 13.2 Å². The standard InChI is InChI=1S/C21H22IN5O3/c1-29-21(28)16-11-13(22)5-10-18(16)30-15-8-6-14(7-9-15)27-12-24-26-20(27)17-3-2-4-19(23)25-17/h2-5,10-12,14-15H,6-9H2,1H3,(H2,23,25)/t14-,15+. The summed E-state index contributed by atoms with van der Waals surface area (Å²) >= 11 is 2.17. The molecule has 1 fully saturated rings. The van der Waals surface area contributed by atoms with Gasteiger partial charge in [0.2, 0.25) is 0 Å². The molecule has 1 aromatic carbocycles. The zero-order valence-electron chi connectivity index (χ0n) is 16.5. The van der Waals surface area contributed by atoms with Crippen LogP contribution in [0, 0.1) is 3.57 Å². The lowest BCUT2D eigenvalue weighted by Gasteiger charge is -2.30.